The Bertz CT molecular complexity index is 652. The quantitative estimate of drug-likeness (QED) is 0.862. The Hall–Kier alpha value is -1.45. The highest BCUT2D eigenvalue weighted by atomic mass is 32.2. The van der Waals surface area contributed by atoms with Gasteiger partial charge >= 0.3 is 0 Å². The molecule has 2 rings (SSSR count). The Kier molecular flexibility index (Phi) is 4.96. The van der Waals surface area contributed by atoms with Crippen molar-refractivity contribution in [2.75, 3.05) is 13.1 Å². The summed E-state index contributed by atoms with van der Waals surface area (Å²) in [5, 5.41) is 8.83. The van der Waals surface area contributed by atoms with Gasteiger partial charge in [-0.1, -0.05) is 13.3 Å². The van der Waals surface area contributed by atoms with Crippen LogP contribution in [0.25, 0.3) is 0 Å². The van der Waals surface area contributed by atoms with E-state index in [0.29, 0.717) is 19.0 Å². The van der Waals surface area contributed by atoms with Crippen molar-refractivity contribution in [1.82, 2.24) is 4.31 Å². The molecule has 4 nitrogen and oxygen atoms in total. The Labute approximate surface area is 125 Å². The van der Waals surface area contributed by atoms with Crippen LogP contribution in [0, 0.1) is 23.1 Å². The molecule has 1 aromatic carbocycles. The molecule has 0 amide bonds. The second-order valence-corrected chi connectivity index (χ2v) is 7.30. The Balaban J connectivity index is 2.28. The van der Waals surface area contributed by atoms with E-state index in [0.717, 1.165) is 37.8 Å². The number of sulfonamides is 1. The van der Waals surface area contributed by atoms with E-state index in [9.17, 15) is 12.8 Å². The standard InChI is InChI=1S/C15H19FN2O2S/c1-2-12-4-3-8-18(9-7-12)21(19,20)14-5-6-15(16)13(10-14)11-17/h5-6,10,12H,2-4,7-9H2,1H3. The van der Waals surface area contributed by atoms with Crippen molar-refractivity contribution in [1.29, 1.82) is 5.26 Å². The average Bonchev–Trinajstić information content (AvgIpc) is 2.73. The topological polar surface area (TPSA) is 61.2 Å². The lowest BCUT2D eigenvalue weighted by molar-refractivity contribution is 0.407. The molecule has 1 aliphatic heterocycles. The molecular formula is C15H19FN2O2S. The molecule has 1 aromatic rings. The van der Waals surface area contributed by atoms with Gasteiger partial charge in [0.1, 0.15) is 11.9 Å². The van der Waals surface area contributed by atoms with Crippen molar-refractivity contribution < 1.29 is 12.8 Å². The molecule has 0 bridgehead atoms. The summed E-state index contributed by atoms with van der Waals surface area (Å²) in [6, 6.07) is 5.07. The van der Waals surface area contributed by atoms with Gasteiger partial charge in [-0.05, 0) is 43.4 Å². The maximum Gasteiger partial charge on any atom is 0.243 e. The van der Waals surface area contributed by atoms with E-state index in [2.05, 4.69) is 6.92 Å². The summed E-state index contributed by atoms with van der Waals surface area (Å²) in [5.74, 6) is -0.133. The fourth-order valence-corrected chi connectivity index (χ4v) is 4.21. The first-order valence-corrected chi connectivity index (χ1v) is 8.63. The number of hydrogen-bond donors (Lipinski definition) is 0. The zero-order chi connectivity index (χ0) is 15.5. The van der Waals surface area contributed by atoms with Gasteiger partial charge in [-0.3, -0.25) is 0 Å². The van der Waals surface area contributed by atoms with Crippen molar-refractivity contribution in [2.45, 2.75) is 37.5 Å². The predicted octanol–water partition coefficient (Wildman–Crippen LogP) is 2.90. The minimum atomic E-state index is -3.65. The fourth-order valence-electron chi connectivity index (χ4n) is 2.69. The highest BCUT2D eigenvalue weighted by molar-refractivity contribution is 7.89. The van der Waals surface area contributed by atoms with E-state index >= 15 is 0 Å². The van der Waals surface area contributed by atoms with Crippen LogP contribution in [0.5, 0.6) is 0 Å². The third-order valence-electron chi connectivity index (χ3n) is 4.08. The summed E-state index contributed by atoms with van der Waals surface area (Å²) in [7, 11) is -3.65. The molecule has 0 N–H and O–H groups in total. The Morgan fingerprint density at radius 1 is 1.38 bits per heavy atom. The molecule has 0 saturated carbocycles. The number of hydrogen-bond acceptors (Lipinski definition) is 3. The molecule has 21 heavy (non-hydrogen) atoms. The smallest absolute Gasteiger partial charge is 0.207 e. The first-order valence-electron chi connectivity index (χ1n) is 7.18. The summed E-state index contributed by atoms with van der Waals surface area (Å²) >= 11 is 0. The van der Waals surface area contributed by atoms with E-state index in [1.165, 1.54) is 10.4 Å². The summed E-state index contributed by atoms with van der Waals surface area (Å²) in [4.78, 5) is -0.00426. The molecule has 6 heteroatoms. The fraction of sp³-hybridized carbons (Fsp3) is 0.533. The SMILES string of the molecule is CCC1CCCN(S(=O)(=O)c2ccc(F)c(C#N)c2)CC1. The lowest BCUT2D eigenvalue weighted by Gasteiger charge is -2.20. The van der Waals surface area contributed by atoms with Crippen LogP contribution in [-0.4, -0.2) is 25.8 Å². The lowest BCUT2D eigenvalue weighted by Crippen LogP contribution is -2.32. The van der Waals surface area contributed by atoms with Crippen molar-refractivity contribution in [3.8, 4) is 6.07 Å². The van der Waals surface area contributed by atoms with Crippen molar-refractivity contribution in [3.63, 3.8) is 0 Å². The summed E-state index contributed by atoms with van der Waals surface area (Å²) in [6.07, 6.45) is 3.78. The van der Waals surface area contributed by atoms with E-state index in [1.54, 1.807) is 6.07 Å². The van der Waals surface area contributed by atoms with E-state index in [1.807, 2.05) is 0 Å². The molecule has 114 valence electrons. The molecule has 0 aromatic heterocycles. The molecule has 0 spiro atoms. The van der Waals surface area contributed by atoms with E-state index in [-0.39, 0.29) is 10.5 Å². The van der Waals surface area contributed by atoms with Crippen molar-refractivity contribution in [2.24, 2.45) is 5.92 Å². The molecule has 0 radical (unpaired) electrons. The third kappa shape index (κ3) is 3.42. The second kappa shape index (κ2) is 6.54. The zero-order valence-electron chi connectivity index (χ0n) is 12.0. The molecule has 1 aliphatic rings. The minimum Gasteiger partial charge on any atom is -0.207 e. The van der Waals surface area contributed by atoms with Crippen LogP contribution in [0.15, 0.2) is 23.1 Å². The van der Waals surface area contributed by atoms with Gasteiger partial charge < -0.3 is 0 Å². The van der Waals surface area contributed by atoms with Gasteiger partial charge in [0.05, 0.1) is 10.5 Å². The van der Waals surface area contributed by atoms with Gasteiger partial charge in [0, 0.05) is 13.1 Å². The van der Waals surface area contributed by atoms with Crippen molar-refractivity contribution in [3.05, 3.63) is 29.6 Å². The largest absolute Gasteiger partial charge is 0.243 e. The second-order valence-electron chi connectivity index (χ2n) is 5.36. The van der Waals surface area contributed by atoms with Gasteiger partial charge in [-0.15, -0.1) is 0 Å². The highest BCUT2D eigenvalue weighted by Gasteiger charge is 2.27. The lowest BCUT2D eigenvalue weighted by atomic mass is 9.98. The number of benzene rings is 1. The first-order chi connectivity index (χ1) is 9.98. The average molecular weight is 310 g/mol. The van der Waals surface area contributed by atoms with Crippen LogP contribution in [0.2, 0.25) is 0 Å². The molecule has 1 heterocycles. The number of nitrogens with zero attached hydrogens (tertiary/aromatic N) is 2. The maximum absolute atomic E-state index is 13.3. The number of nitriles is 1. The normalized spacial score (nSPS) is 20.7. The van der Waals surface area contributed by atoms with Crippen LogP contribution >= 0.6 is 0 Å². The Morgan fingerprint density at radius 3 is 2.81 bits per heavy atom. The third-order valence-corrected chi connectivity index (χ3v) is 5.97. The van der Waals surface area contributed by atoms with E-state index in [4.69, 9.17) is 5.26 Å². The van der Waals surface area contributed by atoms with Crippen LogP contribution in [0.1, 0.15) is 38.2 Å². The molecular weight excluding hydrogens is 291 g/mol. The first kappa shape index (κ1) is 15.9. The minimum absolute atomic E-state index is 0.00426. The summed E-state index contributed by atoms with van der Waals surface area (Å²) in [5.41, 5.74) is -0.239. The predicted molar refractivity (Wildman–Crippen MR) is 77.5 cm³/mol. The number of rotatable bonds is 3. The molecule has 1 fully saturated rings. The van der Waals surface area contributed by atoms with E-state index < -0.39 is 15.8 Å². The van der Waals surface area contributed by atoms with Crippen LogP contribution in [-0.2, 0) is 10.0 Å². The van der Waals surface area contributed by atoms with Gasteiger partial charge in [-0.2, -0.15) is 9.57 Å². The van der Waals surface area contributed by atoms with Crippen LogP contribution < -0.4 is 0 Å². The monoisotopic (exact) mass is 310 g/mol. The number of halogens is 1. The van der Waals surface area contributed by atoms with Gasteiger partial charge in [0.15, 0.2) is 0 Å². The summed E-state index contributed by atoms with van der Waals surface area (Å²) < 4.78 is 40.0. The van der Waals surface area contributed by atoms with Crippen LogP contribution in [0.4, 0.5) is 4.39 Å². The zero-order valence-corrected chi connectivity index (χ0v) is 12.9. The van der Waals surface area contributed by atoms with Gasteiger partial charge in [0.2, 0.25) is 10.0 Å². The van der Waals surface area contributed by atoms with Crippen molar-refractivity contribution >= 4 is 10.0 Å². The highest BCUT2D eigenvalue weighted by Crippen LogP contribution is 2.25. The van der Waals surface area contributed by atoms with Crippen LogP contribution in [0.3, 0.4) is 0 Å². The summed E-state index contributed by atoms with van der Waals surface area (Å²) in [6.45, 7) is 3.09. The Morgan fingerprint density at radius 2 is 2.14 bits per heavy atom. The van der Waals surface area contributed by atoms with Gasteiger partial charge in [-0.25, -0.2) is 12.8 Å². The molecule has 1 unspecified atom stereocenters. The molecule has 1 atom stereocenters. The molecule has 1 saturated heterocycles. The van der Waals surface area contributed by atoms with Gasteiger partial charge in [0.25, 0.3) is 0 Å². The maximum atomic E-state index is 13.3. The molecule has 0 aliphatic carbocycles.